The minimum Gasteiger partial charge on any atom is -0.479 e. The molecule has 0 unspecified atom stereocenters. The van der Waals surface area contributed by atoms with Crippen molar-refractivity contribution in [3.63, 3.8) is 0 Å². The van der Waals surface area contributed by atoms with Crippen molar-refractivity contribution in [3.8, 4) is 5.88 Å². The lowest BCUT2D eigenvalue weighted by atomic mass is 10.2. The van der Waals surface area contributed by atoms with Crippen molar-refractivity contribution in [2.24, 2.45) is 0 Å². The molecule has 0 aliphatic rings. The molecule has 0 aliphatic carbocycles. The summed E-state index contributed by atoms with van der Waals surface area (Å²) < 4.78 is 4.84. The molecule has 0 N–H and O–H groups in total. The summed E-state index contributed by atoms with van der Waals surface area (Å²) in [6.07, 6.45) is 1.29. The van der Waals surface area contributed by atoms with Gasteiger partial charge >= 0.3 is 0 Å². The summed E-state index contributed by atoms with van der Waals surface area (Å²) >= 11 is 0. The van der Waals surface area contributed by atoms with E-state index >= 15 is 0 Å². The fourth-order valence-corrected chi connectivity index (χ4v) is 0.926. The van der Waals surface area contributed by atoms with Gasteiger partial charge in [-0.3, -0.25) is 9.59 Å². The molecule has 5 nitrogen and oxygen atoms in total. The number of hydrogen-bond acceptors (Lipinski definition) is 5. The van der Waals surface area contributed by atoms with E-state index in [9.17, 15) is 9.59 Å². The molecule has 0 fully saturated rings. The quantitative estimate of drug-likeness (QED) is 0.668. The van der Waals surface area contributed by atoms with Crippen LogP contribution in [0.1, 0.15) is 34.8 Å². The maximum absolute atomic E-state index is 11.1. The van der Waals surface area contributed by atoms with E-state index in [1.54, 1.807) is 0 Å². The molecule has 14 heavy (non-hydrogen) atoms. The Hall–Kier alpha value is -1.78. The number of hydrogen-bond donors (Lipinski definition) is 0. The summed E-state index contributed by atoms with van der Waals surface area (Å²) in [4.78, 5) is 29.7. The summed E-state index contributed by atoms with van der Waals surface area (Å²) in [6.45, 7) is 2.71. The van der Waals surface area contributed by atoms with Crippen molar-refractivity contribution >= 4 is 11.6 Å². The molecule has 0 aliphatic heterocycles. The van der Waals surface area contributed by atoms with Crippen molar-refractivity contribution in [3.05, 3.63) is 17.6 Å². The van der Waals surface area contributed by atoms with Crippen LogP contribution in [0.15, 0.2) is 6.20 Å². The largest absolute Gasteiger partial charge is 0.479 e. The van der Waals surface area contributed by atoms with Crippen molar-refractivity contribution in [1.29, 1.82) is 0 Å². The highest BCUT2D eigenvalue weighted by Gasteiger charge is 2.13. The average Bonchev–Trinajstić information content (AvgIpc) is 2.16. The zero-order valence-electron chi connectivity index (χ0n) is 8.20. The van der Waals surface area contributed by atoms with Gasteiger partial charge in [-0.15, -0.1) is 0 Å². The Labute approximate surface area is 81.1 Å². The maximum atomic E-state index is 11.1. The van der Waals surface area contributed by atoms with Crippen molar-refractivity contribution in [2.75, 3.05) is 7.11 Å². The van der Waals surface area contributed by atoms with Gasteiger partial charge in [0, 0.05) is 13.8 Å². The second-order valence-corrected chi connectivity index (χ2v) is 2.73. The predicted molar refractivity (Wildman–Crippen MR) is 48.6 cm³/mol. The highest BCUT2D eigenvalue weighted by molar-refractivity contribution is 5.97. The molecule has 0 bridgehead atoms. The molecule has 0 saturated carbocycles. The van der Waals surface area contributed by atoms with Crippen molar-refractivity contribution < 1.29 is 14.3 Å². The van der Waals surface area contributed by atoms with Crippen LogP contribution in [0, 0.1) is 0 Å². The van der Waals surface area contributed by atoms with Gasteiger partial charge < -0.3 is 4.74 Å². The summed E-state index contributed by atoms with van der Waals surface area (Å²) in [5.41, 5.74) is 0.246. The highest BCUT2D eigenvalue weighted by atomic mass is 16.5. The van der Waals surface area contributed by atoms with Gasteiger partial charge in [-0.1, -0.05) is 0 Å². The first kappa shape index (κ1) is 10.3. The number of ketones is 2. The van der Waals surface area contributed by atoms with Gasteiger partial charge in [-0.25, -0.2) is 9.97 Å². The third-order valence-electron chi connectivity index (χ3n) is 1.63. The van der Waals surface area contributed by atoms with E-state index in [4.69, 9.17) is 4.74 Å². The van der Waals surface area contributed by atoms with Crippen LogP contribution in [0.4, 0.5) is 0 Å². The normalized spacial score (nSPS) is 9.64. The Kier molecular flexibility index (Phi) is 2.91. The molecule has 0 saturated heterocycles. The highest BCUT2D eigenvalue weighted by Crippen LogP contribution is 2.13. The third-order valence-corrected chi connectivity index (χ3v) is 1.63. The van der Waals surface area contributed by atoms with Crippen LogP contribution in [0.5, 0.6) is 5.88 Å². The second-order valence-electron chi connectivity index (χ2n) is 2.73. The lowest BCUT2D eigenvalue weighted by Gasteiger charge is -2.03. The standard InChI is InChI=1S/C9H10N2O3/c1-5(12)7-4-10-9(14-3)8(11-7)6(2)13/h4H,1-3H3. The van der Waals surface area contributed by atoms with Crippen LogP contribution < -0.4 is 4.74 Å². The van der Waals surface area contributed by atoms with E-state index < -0.39 is 0 Å². The smallest absolute Gasteiger partial charge is 0.243 e. The van der Waals surface area contributed by atoms with Gasteiger partial charge in [0.25, 0.3) is 0 Å². The summed E-state index contributed by atoms with van der Waals surface area (Å²) in [7, 11) is 1.39. The molecule has 0 spiro atoms. The minimum absolute atomic E-state index is 0.0835. The summed E-state index contributed by atoms with van der Waals surface area (Å²) in [6, 6.07) is 0. The van der Waals surface area contributed by atoms with Crippen molar-refractivity contribution in [2.45, 2.75) is 13.8 Å². The van der Waals surface area contributed by atoms with Gasteiger partial charge in [-0.2, -0.15) is 0 Å². The molecule has 1 rings (SSSR count). The molecular weight excluding hydrogens is 184 g/mol. The molecule has 1 aromatic rings. The molecule has 0 atom stereocenters. The first-order valence-corrected chi connectivity index (χ1v) is 3.99. The number of methoxy groups -OCH3 is 1. The number of carbonyl (C=O) groups is 2. The maximum Gasteiger partial charge on any atom is 0.243 e. The van der Waals surface area contributed by atoms with E-state index in [-0.39, 0.29) is 28.8 Å². The number of carbonyl (C=O) groups excluding carboxylic acids is 2. The van der Waals surface area contributed by atoms with Gasteiger partial charge in [0.2, 0.25) is 5.88 Å². The van der Waals surface area contributed by atoms with Crippen molar-refractivity contribution in [1.82, 2.24) is 9.97 Å². The summed E-state index contributed by atoms with van der Waals surface area (Å²) in [5, 5.41) is 0. The Morgan fingerprint density at radius 1 is 1.29 bits per heavy atom. The fourth-order valence-electron chi connectivity index (χ4n) is 0.926. The number of Topliss-reactive ketones (excluding diaryl/α,β-unsaturated/α-hetero) is 2. The Morgan fingerprint density at radius 3 is 2.36 bits per heavy atom. The average molecular weight is 194 g/mol. The van der Waals surface area contributed by atoms with Crippen LogP contribution in [0.2, 0.25) is 0 Å². The second kappa shape index (κ2) is 3.95. The zero-order chi connectivity index (χ0) is 10.7. The van der Waals surface area contributed by atoms with Gasteiger partial charge in [-0.05, 0) is 0 Å². The lowest BCUT2D eigenvalue weighted by molar-refractivity contribution is 0.100. The first-order valence-electron chi connectivity index (χ1n) is 3.99. The number of rotatable bonds is 3. The van der Waals surface area contributed by atoms with Crippen LogP contribution in [-0.4, -0.2) is 28.6 Å². The van der Waals surface area contributed by atoms with Crippen LogP contribution >= 0.6 is 0 Å². The van der Waals surface area contributed by atoms with E-state index in [1.807, 2.05) is 0 Å². The van der Waals surface area contributed by atoms with Crippen LogP contribution in [-0.2, 0) is 0 Å². The molecule has 1 heterocycles. The minimum atomic E-state index is -0.280. The van der Waals surface area contributed by atoms with Crippen LogP contribution in [0.25, 0.3) is 0 Å². The Balaban J connectivity index is 3.27. The third kappa shape index (κ3) is 1.93. The number of ether oxygens (including phenoxy) is 1. The monoisotopic (exact) mass is 194 g/mol. The molecule has 74 valence electrons. The van der Waals surface area contributed by atoms with E-state index in [1.165, 1.54) is 27.2 Å². The van der Waals surface area contributed by atoms with Gasteiger partial charge in [0.05, 0.1) is 13.3 Å². The first-order chi connectivity index (χ1) is 6.56. The molecule has 0 aromatic carbocycles. The molecule has 0 radical (unpaired) electrons. The van der Waals surface area contributed by atoms with Gasteiger partial charge in [0.1, 0.15) is 5.69 Å². The number of aromatic nitrogens is 2. The van der Waals surface area contributed by atoms with Gasteiger partial charge in [0.15, 0.2) is 17.3 Å². The molecule has 0 amide bonds. The SMILES string of the molecule is COc1ncc(C(C)=O)nc1C(C)=O. The topological polar surface area (TPSA) is 69.2 Å². The molecular formula is C9H10N2O3. The fraction of sp³-hybridized carbons (Fsp3) is 0.333. The zero-order valence-corrected chi connectivity index (χ0v) is 8.20. The van der Waals surface area contributed by atoms with E-state index in [2.05, 4.69) is 9.97 Å². The summed E-state index contributed by atoms with van der Waals surface area (Å²) in [5.74, 6) is -0.373. The molecule has 5 heteroatoms. The molecule has 1 aromatic heterocycles. The van der Waals surface area contributed by atoms with Crippen LogP contribution in [0.3, 0.4) is 0 Å². The number of nitrogens with zero attached hydrogens (tertiary/aromatic N) is 2. The lowest BCUT2D eigenvalue weighted by Crippen LogP contribution is -2.08. The Morgan fingerprint density at radius 2 is 1.93 bits per heavy atom. The van der Waals surface area contributed by atoms with E-state index in [0.29, 0.717) is 0 Å². The van der Waals surface area contributed by atoms with E-state index in [0.717, 1.165) is 0 Å². The predicted octanol–water partition coefficient (Wildman–Crippen LogP) is 0.890. The Bertz CT molecular complexity index is 388.